The zero-order valence-corrected chi connectivity index (χ0v) is 9.45. The Morgan fingerprint density at radius 3 is 2.88 bits per heavy atom. The number of amidine groups is 1. The SMILES string of the molecule is C(=N/NC1=[NH+]CCCCC1)/c1ccccc1. The van der Waals surface area contributed by atoms with Gasteiger partial charge in [-0.1, -0.05) is 35.4 Å². The average molecular weight is 216 g/mol. The number of hydrogen-bond donors (Lipinski definition) is 2. The minimum Gasteiger partial charge on any atom is -0.277 e. The molecule has 2 rings (SSSR count). The van der Waals surface area contributed by atoms with E-state index in [-0.39, 0.29) is 0 Å². The fraction of sp³-hybridized carbons (Fsp3) is 0.385. The van der Waals surface area contributed by atoms with Gasteiger partial charge in [-0.25, -0.2) is 0 Å². The number of rotatable bonds is 2. The van der Waals surface area contributed by atoms with E-state index in [0.717, 1.165) is 24.4 Å². The first-order valence-electron chi connectivity index (χ1n) is 5.89. The first-order valence-corrected chi connectivity index (χ1v) is 5.89. The lowest BCUT2D eigenvalue weighted by molar-refractivity contribution is -0.459. The van der Waals surface area contributed by atoms with E-state index in [0.29, 0.717) is 0 Å². The first kappa shape index (κ1) is 10.9. The lowest BCUT2D eigenvalue weighted by Crippen LogP contribution is -2.75. The molecule has 0 saturated heterocycles. The van der Waals surface area contributed by atoms with Crippen LogP contribution in [0.15, 0.2) is 35.4 Å². The van der Waals surface area contributed by atoms with Crippen LogP contribution in [0.5, 0.6) is 0 Å². The van der Waals surface area contributed by atoms with E-state index in [4.69, 9.17) is 0 Å². The van der Waals surface area contributed by atoms with Crippen molar-refractivity contribution in [3.05, 3.63) is 35.9 Å². The predicted octanol–water partition coefficient (Wildman–Crippen LogP) is 0.663. The monoisotopic (exact) mass is 216 g/mol. The summed E-state index contributed by atoms with van der Waals surface area (Å²) >= 11 is 0. The standard InChI is InChI=1S/C13H17N3/c1-3-7-12(8-4-1)11-15-16-13-9-5-2-6-10-14-13/h1,3-4,7-8,11H,2,5-6,9-10H2,(H,14,16)/p+1/b15-11-. The van der Waals surface area contributed by atoms with Crippen LogP contribution in [0, 0.1) is 0 Å². The largest absolute Gasteiger partial charge is 0.277 e. The van der Waals surface area contributed by atoms with E-state index in [1.807, 2.05) is 36.5 Å². The summed E-state index contributed by atoms with van der Waals surface area (Å²) < 4.78 is 0. The van der Waals surface area contributed by atoms with Crippen molar-refractivity contribution in [1.82, 2.24) is 5.43 Å². The third-order valence-corrected chi connectivity index (χ3v) is 2.65. The van der Waals surface area contributed by atoms with Crippen LogP contribution in [-0.4, -0.2) is 18.6 Å². The highest BCUT2D eigenvalue weighted by atomic mass is 15.3. The van der Waals surface area contributed by atoms with Crippen molar-refractivity contribution < 1.29 is 4.99 Å². The van der Waals surface area contributed by atoms with Crippen LogP contribution in [0.4, 0.5) is 0 Å². The van der Waals surface area contributed by atoms with Crippen molar-refractivity contribution in [2.75, 3.05) is 6.54 Å². The van der Waals surface area contributed by atoms with Crippen LogP contribution < -0.4 is 10.4 Å². The van der Waals surface area contributed by atoms with E-state index >= 15 is 0 Å². The fourth-order valence-corrected chi connectivity index (χ4v) is 1.75. The fourth-order valence-electron chi connectivity index (χ4n) is 1.75. The Balaban J connectivity index is 1.86. The lowest BCUT2D eigenvalue weighted by Gasteiger charge is -1.94. The van der Waals surface area contributed by atoms with Crippen molar-refractivity contribution in [2.24, 2.45) is 5.10 Å². The molecule has 0 amide bonds. The van der Waals surface area contributed by atoms with Gasteiger partial charge in [-0.3, -0.25) is 4.99 Å². The van der Waals surface area contributed by atoms with Crippen molar-refractivity contribution in [1.29, 1.82) is 0 Å². The Bertz CT molecular complexity index is 368. The number of nitrogens with one attached hydrogen (secondary N) is 2. The Hall–Kier alpha value is -1.64. The molecule has 0 unspecified atom stereocenters. The van der Waals surface area contributed by atoms with Gasteiger partial charge in [-0.2, -0.15) is 5.43 Å². The molecule has 2 N–H and O–H groups in total. The molecule has 1 aliphatic heterocycles. The molecule has 1 aromatic rings. The number of hydrogen-bond acceptors (Lipinski definition) is 2. The molecule has 3 nitrogen and oxygen atoms in total. The highest BCUT2D eigenvalue weighted by molar-refractivity contribution is 5.82. The van der Waals surface area contributed by atoms with E-state index in [9.17, 15) is 0 Å². The smallest absolute Gasteiger partial charge is 0.267 e. The number of nitrogens with zero attached hydrogens (tertiary/aromatic N) is 1. The summed E-state index contributed by atoms with van der Waals surface area (Å²) in [6.45, 7) is 1.06. The summed E-state index contributed by atoms with van der Waals surface area (Å²) in [5.74, 6) is 1.14. The van der Waals surface area contributed by atoms with Crippen LogP contribution in [0.1, 0.15) is 31.2 Å². The van der Waals surface area contributed by atoms with Gasteiger partial charge in [0, 0.05) is 0 Å². The molecule has 1 aromatic carbocycles. The van der Waals surface area contributed by atoms with Crippen LogP contribution in [0.2, 0.25) is 0 Å². The minimum absolute atomic E-state index is 1.06. The molecule has 0 atom stereocenters. The quantitative estimate of drug-likeness (QED) is 0.553. The van der Waals surface area contributed by atoms with Crippen LogP contribution in [0.3, 0.4) is 0 Å². The number of benzene rings is 1. The number of hydrazone groups is 1. The summed E-state index contributed by atoms with van der Waals surface area (Å²) in [6.07, 6.45) is 6.73. The van der Waals surface area contributed by atoms with Crippen molar-refractivity contribution in [2.45, 2.75) is 25.7 Å². The van der Waals surface area contributed by atoms with E-state index < -0.39 is 0 Å². The second-order valence-electron chi connectivity index (χ2n) is 4.00. The van der Waals surface area contributed by atoms with E-state index in [2.05, 4.69) is 15.5 Å². The molecule has 84 valence electrons. The van der Waals surface area contributed by atoms with E-state index in [1.54, 1.807) is 0 Å². The molecule has 0 spiro atoms. The summed E-state index contributed by atoms with van der Waals surface area (Å²) in [5.41, 5.74) is 4.20. The molecule has 1 heterocycles. The van der Waals surface area contributed by atoms with Gasteiger partial charge in [-0.15, -0.1) is 0 Å². The second-order valence-corrected chi connectivity index (χ2v) is 4.00. The second kappa shape index (κ2) is 6.05. The highest BCUT2D eigenvalue weighted by Gasteiger charge is 2.07. The Kier molecular flexibility index (Phi) is 4.11. The van der Waals surface area contributed by atoms with Gasteiger partial charge in [0.25, 0.3) is 5.84 Å². The highest BCUT2D eigenvalue weighted by Crippen LogP contribution is 1.99. The van der Waals surface area contributed by atoms with Gasteiger partial charge in [0.1, 0.15) is 0 Å². The summed E-state index contributed by atoms with van der Waals surface area (Å²) in [4.78, 5) is 3.36. The molecular weight excluding hydrogens is 198 g/mol. The molecule has 0 saturated carbocycles. The Labute approximate surface area is 96.3 Å². The molecule has 1 aliphatic rings. The van der Waals surface area contributed by atoms with Crippen molar-refractivity contribution in [3.8, 4) is 0 Å². The molecule has 0 aromatic heterocycles. The zero-order valence-electron chi connectivity index (χ0n) is 9.45. The van der Waals surface area contributed by atoms with Crippen LogP contribution in [-0.2, 0) is 0 Å². The Morgan fingerprint density at radius 2 is 2.00 bits per heavy atom. The molecule has 0 fully saturated rings. The van der Waals surface area contributed by atoms with Gasteiger partial charge in [0.2, 0.25) is 0 Å². The summed E-state index contributed by atoms with van der Waals surface area (Å²) in [7, 11) is 0. The molecule has 0 radical (unpaired) electrons. The van der Waals surface area contributed by atoms with Crippen molar-refractivity contribution >= 4 is 12.1 Å². The lowest BCUT2D eigenvalue weighted by atomic mass is 10.2. The third kappa shape index (κ3) is 3.50. The van der Waals surface area contributed by atoms with Crippen LogP contribution in [0.25, 0.3) is 0 Å². The third-order valence-electron chi connectivity index (χ3n) is 2.65. The molecule has 0 aliphatic carbocycles. The maximum atomic E-state index is 4.23. The molecule has 3 heteroatoms. The predicted molar refractivity (Wildman–Crippen MR) is 66.5 cm³/mol. The average Bonchev–Trinajstić information content (AvgIpc) is 2.59. The van der Waals surface area contributed by atoms with E-state index in [1.165, 1.54) is 19.3 Å². The van der Waals surface area contributed by atoms with Gasteiger partial charge in [-0.05, 0) is 24.8 Å². The maximum absolute atomic E-state index is 4.23. The maximum Gasteiger partial charge on any atom is 0.267 e. The molecule has 16 heavy (non-hydrogen) atoms. The topological polar surface area (TPSA) is 38.4 Å². The summed E-state index contributed by atoms with van der Waals surface area (Å²) in [6, 6.07) is 10.1. The van der Waals surface area contributed by atoms with Crippen LogP contribution >= 0.6 is 0 Å². The molecule has 0 bridgehead atoms. The first-order chi connectivity index (χ1) is 7.95. The van der Waals surface area contributed by atoms with Gasteiger partial charge >= 0.3 is 0 Å². The molecular formula is C13H18N3+. The van der Waals surface area contributed by atoms with Gasteiger partial charge < -0.3 is 0 Å². The van der Waals surface area contributed by atoms with Crippen molar-refractivity contribution in [3.63, 3.8) is 0 Å². The van der Waals surface area contributed by atoms with Gasteiger partial charge in [0.05, 0.1) is 19.2 Å². The zero-order chi connectivity index (χ0) is 11.1. The normalized spacial score (nSPS) is 16.9. The minimum atomic E-state index is 1.06. The summed E-state index contributed by atoms with van der Waals surface area (Å²) in [5, 5.41) is 4.23. The van der Waals surface area contributed by atoms with Gasteiger partial charge in [0.15, 0.2) is 0 Å². The Morgan fingerprint density at radius 1 is 1.12 bits per heavy atom.